The van der Waals surface area contributed by atoms with Crippen LogP contribution in [0.4, 0.5) is 4.39 Å². The third-order valence-electron chi connectivity index (χ3n) is 2.76. The second-order valence-corrected chi connectivity index (χ2v) is 3.83. The summed E-state index contributed by atoms with van der Waals surface area (Å²) < 4.78 is 18.5. The van der Waals surface area contributed by atoms with Crippen molar-refractivity contribution in [3.8, 4) is 5.75 Å². The van der Waals surface area contributed by atoms with Gasteiger partial charge in [-0.2, -0.15) is 10.2 Å². The molecule has 0 saturated carbocycles. The Morgan fingerprint density at radius 3 is 2.78 bits per heavy atom. The second-order valence-electron chi connectivity index (χ2n) is 3.83. The van der Waals surface area contributed by atoms with Gasteiger partial charge in [0.15, 0.2) is 11.6 Å². The largest absolute Gasteiger partial charge is 0.494 e. The number of ether oxygens (including phenoxy) is 1. The first-order chi connectivity index (χ1) is 8.76. The van der Waals surface area contributed by atoms with Gasteiger partial charge in [-0.3, -0.25) is 0 Å². The van der Waals surface area contributed by atoms with E-state index in [1.165, 1.54) is 13.2 Å². The number of nitrogens with two attached hydrogens (primary N) is 1. The van der Waals surface area contributed by atoms with E-state index in [-0.39, 0.29) is 11.7 Å². The molecule has 1 heterocycles. The van der Waals surface area contributed by atoms with Crippen molar-refractivity contribution in [3.63, 3.8) is 0 Å². The fraction of sp³-hybridized carbons (Fsp3) is 0.231. The average molecular weight is 247 g/mol. The Kier molecular flexibility index (Phi) is 3.84. The molecule has 5 heteroatoms. The smallest absolute Gasteiger partial charge is 0.165 e. The zero-order chi connectivity index (χ0) is 13.0. The van der Waals surface area contributed by atoms with Crippen molar-refractivity contribution in [2.24, 2.45) is 5.73 Å². The van der Waals surface area contributed by atoms with Gasteiger partial charge in [-0.25, -0.2) is 4.39 Å². The number of benzene rings is 1. The zero-order valence-electron chi connectivity index (χ0n) is 10.0. The highest BCUT2D eigenvalue weighted by Gasteiger charge is 2.16. The molecular formula is C13H14FN3O. The van der Waals surface area contributed by atoms with Crippen molar-refractivity contribution in [2.75, 3.05) is 13.7 Å². The summed E-state index contributed by atoms with van der Waals surface area (Å²) in [6.45, 7) is 0.338. The molecule has 0 fully saturated rings. The Balaban J connectivity index is 2.37. The summed E-state index contributed by atoms with van der Waals surface area (Å²) in [6, 6.07) is 8.40. The molecule has 1 atom stereocenters. The van der Waals surface area contributed by atoms with Gasteiger partial charge in [-0.1, -0.05) is 6.07 Å². The van der Waals surface area contributed by atoms with E-state index in [0.717, 1.165) is 11.3 Å². The lowest BCUT2D eigenvalue weighted by Gasteiger charge is -2.14. The number of hydrogen-bond acceptors (Lipinski definition) is 4. The standard InChI is InChI=1S/C13H14FN3O/c1-18-13-5-4-9(7-11(13)14)10(8-15)12-3-2-6-16-17-12/h2-7,10H,8,15H2,1H3. The lowest BCUT2D eigenvalue weighted by molar-refractivity contribution is 0.386. The summed E-state index contributed by atoms with van der Waals surface area (Å²) in [5, 5.41) is 7.83. The van der Waals surface area contributed by atoms with Gasteiger partial charge >= 0.3 is 0 Å². The summed E-state index contributed by atoms with van der Waals surface area (Å²) in [5.74, 6) is -0.356. The first-order valence-corrected chi connectivity index (χ1v) is 5.57. The third kappa shape index (κ3) is 2.46. The van der Waals surface area contributed by atoms with Crippen LogP contribution in [0.1, 0.15) is 17.2 Å². The number of hydrogen-bond donors (Lipinski definition) is 1. The molecule has 0 saturated heterocycles. The van der Waals surface area contributed by atoms with Crippen LogP contribution < -0.4 is 10.5 Å². The average Bonchev–Trinajstić information content (AvgIpc) is 2.41. The summed E-state index contributed by atoms with van der Waals surface area (Å²) in [6.07, 6.45) is 1.59. The molecule has 0 bridgehead atoms. The second kappa shape index (κ2) is 5.55. The van der Waals surface area contributed by atoms with Crippen molar-refractivity contribution >= 4 is 0 Å². The van der Waals surface area contributed by atoms with Crippen LogP contribution in [0.15, 0.2) is 36.5 Å². The van der Waals surface area contributed by atoms with Gasteiger partial charge in [0.1, 0.15) is 0 Å². The normalized spacial score (nSPS) is 12.2. The van der Waals surface area contributed by atoms with Crippen molar-refractivity contribution in [2.45, 2.75) is 5.92 Å². The Hall–Kier alpha value is -2.01. The number of rotatable bonds is 4. The van der Waals surface area contributed by atoms with Crippen molar-refractivity contribution < 1.29 is 9.13 Å². The molecule has 4 nitrogen and oxygen atoms in total. The van der Waals surface area contributed by atoms with Crippen LogP contribution in [-0.4, -0.2) is 23.9 Å². The molecule has 0 amide bonds. The van der Waals surface area contributed by atoms with Gasteiger partial charge < -0.3 is 10.5 Å². The van der Waals surface area contributed by atoms with Gasteiger partial charge in [0.2, 0.25) is 0 Å². The van der Waals surface area contributed by atoms with Gasteiger partial charge in [-0.15, -0.1) is 0 Å². The summed E-state index contributed by atoms with van der Waals surface area (Å²) in [5.41, 5.74) is 7.22. The quantitative estimate of drug-likeness (QED) is 0.893. The molecule has 0 spiro atoms. The molecule has 2 aromatic rings. The van der Waals surface area contributed by atoms with Crippen molar-refractivity contribution in [3.05, 3.63) is 53.6 Å². The fourth-order valence-electron chi connectivity index (χ4n) is 1.83. The van der Waals surface area contributed by atoms with Crippen LogP contribution in [0.3, 0.4) is 0 Å². The fourth-order valence-corrected chi connectivity index (χ4v) is 1.83. The summed E-state index contributed by atoms with van der Waals surface area (Å²) in [7, 11) is 1.43. The maximum atomic E-state index is 13.7. The minimum absolute atomic E-state index is 0.167. The predicted molar refractivity (Wildman–Crippen MR) is 65.9 cm³/mol. The molecule has 1 unspecified atom stereocenters. The maximum absolute atomic E-state index is 13.7. The number of nitrogens with zero attached hydrogens (tertiary/aromatic N) is 2. The highest BCUT2D eigenvalue weighted by atomic mass is 19.1. The van der Waals surface area contributed by atoms with Crippen LogP contribution in [0.2, 0.25) is 0 Å². The Bertz CT molecular complexity index is 519. The third-order valence-corrected chi connectivity index (χ3v) is 2.76. The molecule has 2 N–H and O–H groups in total. The number of methoxy groups -OCH3 is 1. The van der Waals surface area contributed by atoms with Crippen molar-refractivity contribution in [1.82, 2.24) is 10.2 Å². The van der Waals surface area contributed by atoms with E-state index in [1.807, 2.05) is 6.07 Å². The lowest BCUT2D eigenvalue weighted by atomic mass is 9.95. The molecule has 0 aliphatic rings. The highest BCUT2D eigenvalue weighted by molar-refractivity contribution is 5.35. The monoisotopic (exact) mass is 247 g/mol. The van der Waals surface area contributed by atoms with E-state index < -0.39 is 5.82 Å². The molecule has 18 heavy (non-hydrogen) atoms. The SMILES string of the molecule is COc1ccc(C(CN)c2cccnn2)cc1F. The van der Waals surface area contributed by atoms with Crippen LogP contribution >= 0.6 is 0 Å². The Morgan fingerprint density at radius 1 is 1.39 bits per heavy atom. The van der Waals surface area contributed by atoms with Gasteiger partial charge in [-0.05, 0) is 29.8 Å². The van der Waals surface area contributed by atoms with Crippen LogP contribution in [0.5, 0.6) is 5.75 Å². The minimum Gasteiger partial charge on any atom is -0.494 e. The first-order valence-electron chi connectivity index (χ1n) is 5.57. The van der Waals surface area contributed by atoms with Crippen LogP contribution in [-0.2, 0) is 0 Å². The Morgan fingerprint density at radius 2 is 2.22 bits per heavy atom. The molecule has 94 valence electrons. The number of halogens is 1. The summed E-state index contributed by atoms with van der Waals surface area (Å²) >= 11 is 0. The highest BCUT2D eigenvalue weighted by Crippen LogP contribution is 2.26. The molecule has 2 rings (SSSR count). The molecule has 0 aliphatic heterocycles. The molecule has 1 aromatic heterocycles. The van der Waals surface area contributed by atoms with Gasteiger partial charge in [0.25, 0.3) is 0 Å². The van der Waals surface area contributed by atoms with E-state index in [2.05, 4.69) is 10.2 Å². The summed E-state index contributed by atoms with van der Waals surface area (Å²) in [4.78, 5) is 0. The number of aromatic nitrogens is 2. The Labute approximate surface area is 105 Å². The van der Waals surface area contributed by atoms with Crippen LogP contribution in [0.25, 0.3) is 0 Å². The lowest BCUT2D eigenvalue weighted by Crippen LogP contribution is -2.15. The van der Waals surface area contributed by atoms with Gasteiger partial charge in [0, 0.05) is 18.7 Å². The molecule has 0 aliphatic carbocycles. The topological polar surface area (TPSA) is 61.0 Å². The zero-order valence-corrected chi connectivity index (χ0v) is 10.0. The maximum Gasteiger partial charge on any atom is 0.165 e. The predicted octanol–water partition coefficient (Wildman–Crippen LogP) is 1.71. The molecular weight excluding hydrogens is 233 g/mol. The van der Waals surface area contributed by atoms with Crippen LogP contribution in [0, 0.1) is 5.82 Å². The van der Waals surface area contributed by atoms with E-state index in [0.29, 0.717) is 6.54 Å². The van der Waals surface area contributed by atoms with E-state index in [4.69, 9.17) is 10.5 Å². The van der Waals surface area contributed by atoms with Gasteiger partial charge in [0.05, 0.1) is 12.8 Å². The molecule has 0 radical (unpaired) electrons. The van der Waals surface area contributed by atoms with E-state index in [9.17, 15) is 4.39 Å². The first kappa shape index (κ1) is 12.4. The molecule has 1 aromatic carbocycles. The van der Waals surface area contributed by atoms with E-state index in [1.54, 1.807) is 24.4 Å². The van der Waals surface area contributed by atoms with Crippen molar-refractivity contribution in [1.29, 1.82) is 0 Å². The van der Waals surface area contributed by atoms with E-state index >= 15 is 0 Å². The minimum atomic E-state index is -0.405.